The van der Waals surface area contributed by atoms with Gasteiger partial charge in [0, 0.05) is 18.7 Å². The highest BCUT2D eigenvalue weighted by molar-refractivity contribution is 6.32. The second-order valence-electron chi connectivity index (χ2n) is 5.51. The Balaban J connectivity index is 2.73. The lowest BCUT2D eigenvalue weighted by molar-refractivity contribution is -0.384. The molecule has 1 aromatic carbocycles. The summed E-state index contributed by atoms with van der Waals surface area (Å²) in [5.41, 5.74) is -1.98. The standard InChI is InChI=1S/C17H14ClN3O6/c1-9-11(8-19)16(23)20(5-6-27-2)17(24)14(9)15(22)10-3-4-12(18)13(7-10)21(25)26/h3-4,7,24H,5-6H2,1-2H3. The monoisotopic (exact) mass is 391 g/mol. The van der Waals surface area contributed by atoms with Gasteiger partial charge >= 0.3 is 0 Å². The van der Waals surface area contributed by atoms with Crippen LogP contribution in [-0.2, 0) is 11.3 Å². The lowest BCUT2D eigenvalue weighted by atomic mass is 9.97. The summed E-state index contributed by atoms with van der Waals surface area (Å²) in [5, 5.41) is 30.6. The van der Waals surface area contributed by atoms with E-state index in [4.69, 9.17) is 16.3 Å². The first-order valence-corrected chi connectivity index (χ1v) is 7.96. The van der Waals surface area contributed by atoms with Crippen LogP contribution in [0.4, 0.5) is 5.69 Å². The third kappa shape index (κ3) is 3.67. The molecule has 1 aromatic heterocycles. The summed E-state index contributed by atoms with van der Waals surface area (Å²) in [7, 11) is 1.39. The molecule has 0 radical (unpaired) electrons. The SMILES string of the molecule is COCCn1c(O)c(C(=O)c2ccc(Cl)c([N+](=O)[O-])c2)c(C)c(C#N)c1=O. The molecule has 0 saturated carbocycles. The maximum Gasteiger partial charge on any atom is 0.288 e. The number of carbonyl (C=O) groups is 1. The Bertz CT molecular complexity index is 1040. The Morgan fingerprint density at radius 1 is 1.48 bits per heavy atom. The van der Waals surface area contributed by atoms with Crippen molar-refractivity contribution in [3.05, 3.63) is 65.9 Å². The molecule has 2 rings (SSSR count). The van der Waals surface area contributed by atoms with Gasteiger partial charge in [0.1, 0.15) is 16.7 Å². The van der Waals surface area contributed by atoms with Crippen LogP contribution in [0.2, 0.25) is 5.02 Å². The van der Waals surface area contributed by atoms with Gasteiger partial charge in [-0.1, -0.05) is 11.6 Å². The van der Waals surface area contributed by atoms with Gasteiger partial charge in [0.25, 0.3) is 11.2 Å². The van der Waals surface area contributed by atoms with Crippen molar-refractivity contribution < 1.29 is 19.6 Å². The highest BCUT2D eigenvalue weighted by Gasteiger charge is 2.26. The Hall–Kier alpha value is -3.22. The van der Waals surface area contributed by atoms with Gasteiger partial charge in [-0.2, -0.15) is 5.26 Å². The molecular formula is C17H14ClN3O6. The molecule has 27 heavy (non-hydrogen) atoms. The molecule has 10 heteroatoms. The topological polar surface area (TPSA) is 135 Å². The predicted molar refractivity (Wildman–Crippen MR) is 95.2 cm³/mol. The molecule has 0 spiro atoms. The number of pyridine rings is 1. The van der Waals surface area contributed by atoms with Crippen molar-refractivity contribution in [2.24, 2.45) is 0 Å². The second kappa shape index (κ2) is 7.99. The normalized spacial score (nSPS) is 10.4. The fourth-order valence-corrected chi connectivity index (χ4v) is 2.74. The largest absolute Gasteiger partial charge is 0.494 e. The highest BCUT2D eigenvalue weighted by Crippen LogP contribution is 2.29. The average molecular weight is 392 g/mol. The Morgan fingerprint density at radius 3 is 2.70 bits per heavy atom. The van der Waals surface area contributed by atoms with Crippen molar-refractivity contribution >= 4 is 23.1 Å². The molecule has 0 bridgehead atoms. The maximum atomic E-state index is 12.9. The minimum atomic E-state index is -0.785. The number of nitro groups is 1. The van der Waals surface area contributed by atoms with Crippen molar-refractivity contribution in [3.8, 4) is 11.9 Å². The number of rotatable bonds is 6. The van der Waals surface area contributed by atoms with Crippen LogP contribution in [0.3, 0.4) is 0 Å². The van der Waals surface area contributed by atoms with Gasteiger partial charge in [-0.25, -0.2) is 0 Å². The number of aromatic nitrogens is 1. The fraction of sp³-hybridized carbons (Fsp3) is 0.235. The van der Waals surface area contributed by atoms with Gasteiger partial charge in [-0.15, -0.1) is 0 Å². The molecular weight excluding hydrogens is 378 g/mol. The molecule has 9 nitrogen and oxygen atoms in total. The van der Waals surface area contributed by atoms with Crippen LogP contribution in [0.5, 0.6) is 5.88 Å². The van der Waals surface area contributed by atoms with E-state index in [9.17, 15) is 30.1 Å². The number of halogens is 1. The van der Waals surface area contributed by atoms with Crippen molar-refractivity contribution in [1.29, 1.82) is 5.26 Å². The number of ketones is 1. The molecule has 0 aliphatic carbocycles. The summed E-state index contributed by atoms with van der Waals surface area (Å²) in [4.78, 5) is 35.6. The number of methoxy groups -OCH3 is 1. The van der Waals surface area contributed by atoms with Crippen molar-refractivity contribution in [2.45, 2.75) is 13.5 Å². The number of benzene rings is 1. The molecule has 0 atom stereocenters. The summed E-state index contributed by atoms with van der Waals surface area (Å²) in [6.45, 7) is 1.32. The molecule has 0 aliphatic rings. The zero-order valence-electron chi connectivity index (χ0n) is 14.4. The molecule has 1 heterocycles. The van der Waals surface area contributed by atoms with Crippen LogP contribution < -0.4 is 5.56 Å². The van der Waals surface area contributed by atoms with Crippen molar-refractivity contribution in [3.63, 3.8) is 0 Å². The van der Waals surface area contributed by atoms with Gasteiger partial charge < -0.3 is 9.84 Å². The zero-order chi connectivity index (χ0) is 20.3. The predicted octanol–water partition coefficient (Wildman–Crippen LogP) is 2.17. The lowest BCUT2D eigenvalue weighted by Crippen LogP contribution is -2.28. The van der Waals surface area contributed by atoms with E-state index in [1.807, 2.05) is 0 Å². The molecule has 1 N–H and O–H groups in total. The highest BCUT2D eigenvalue weighted by atomic mass is 35.5. The fourth-order valence-electron chi connectivity index (χ4n) is 2.55. The van der Waals surface area contributed by atoms with Crippen molar-refractivity contribution in [1.82, 2.24) is 4.57 Å². The minimum absolute atomic E-state index is 0.0173. The molecule has 0 saturated heterocycles. The van der Waals surface area contributed by atoms with Crippen LogP contribution in [0.25, 0.3) is 0 Å². The van der Waals surface area contributed by atoms with Crippen LogP contribution in [0, 0.1) is 28.4 Å². The first-order chi connectivity index (χ1) is 12.7. The van der Waals surface area contributed by atoms with E-state index in [0.717, 1.165) is 10.6 Å². The van der Waals surface area contributed by atoms with E-state index in [0.29, 0.717) is 0 Å². The van der Waals surface area contributed by atoms with E-state index in [-0.39, 0.29) is 40.4 Å². The smallest absolute Gasteiger partial charge is 0.288 e. The Labute approximate surface area is 158 Å². The van der Waals surface area contributed by atoms with Gasteiger partial charge in [0.15, 0.2) is 5.78 Å². The number of nitro benzene ring substituents is 1. The van der Waals surface area contributed by atoms with E-state index in [1.54, 1.807) is 6.07 Å². The number of nitrogens with zero attached hydrogens (tertiary/aromatic N) is 3. The van der Waals surface area contributed by atoms with E-state index in [1.165, 1.54) is 26.2 Å². The van der Waals surface area contributed by atoms with Crippen LogP contribution in [0.1, 0.15) is 27.0 Å². The minimum Gasteiger partial charge on any atom is -0.494 e. The van der Waals surface area contributed by atoms with Crippen LogP contribution >= 0.6 is 11.6 Å². The van der Waals surface area contributed by atoms with Gasteiger partial charge in [-0.05, 0) is 24.6 Å². The van der Waals surface area contributed by atoms with Crippen LogP contribution in [-0.4, -0.2) is 34.1 Å². The molecule has 0 fully saturated rings. The third-order valence-electron chi connectivity index (χ3n) is 3.95. The molecule has 0 aliphatic heterocycles. The summed E-state index contributed by atoms with van der Waals surface area (Å²) in [6.07, 6.45) is 0. The number of hydrogen-bond acceptors (Lipinski definition) is 7. The van der Waals surface area contributed by atoms with E-state index >= 15 is 0 Å². The van der Waals surface area contributed by atoms with E-state index < -0.39 is 27.8 Å². The van der Waals surface area contributed by atoms with Gasteiger partial charge in [0.05, 0.1) is 23.6 Å². The molecule has 2 aromatic rings. The molecule has 140 valence electrons. The second-order valence-corrected chi connectivity index (χ2v) is 5.92. The Kier molecular flexibility index (Phi) is 5.95. The summed E-state index contributed by atoms with van der Waals surface area (Å²) >= 11 is 5.75. The number of aromatic hydroxyl groups is 1. The number of hydrogen-bond donors (Lipinski definition) is 1. The summed E-state index contributed by atoms with van der Waals surface area (Å²) < 4.78 is 5.73. The quantitative estimate of drug-likeness (QED) is 0.452. The number of ether oxygens (including phenoxy) is 1. The summed E-state index contributed by atoms with van der Waals surface area (Å²) in [5.74, 6) is -1.43. The van der Waals surface area contributed by atoms with Crippen molar-refractivity contribution in [2.75, 3.05) is 13.7 Å². The summed E-state index contributed by atoms with van der Waals surface area (Å²) in [6, 6.07) is 5.14. The van der Waals surface area contributed by atoms with Crippen LogP contribution in [0.15, 0.2) is 23.0 Å². The first kappa shape index (κ1) is 20.1. The number of carbonyl (C=O) groups excluding carboxylic acids is 1. The van der Waals surface area contributed by atoms with E-state index in [2.05, 4.69) is 0 Å². The molecule has 0 unspecified atom stereocenters. The average Bonchev–Trinajstić information content (AvgIpc) is 2.62. The number of nitriles is 1. The third-order valence-corrected chi connectivity index (χ3v) is 4.27. The molecule has 0 amide bonds. The maximum absolute atomic E-state index is 12.9. The van der Waals surface area contributed by atoms with Gasteiger partial charge in [-0.3, -0.25) is 24.3 Å². The first-order valence-electron chi connectivity index (χ1n) is 7.58. The lowest BCUT2D eigenvalue weighted by Gasteiger charge is -2.15. The van der Waals surface area contributed by atoms with Gasteiger partial charge in [0.2, 0.25) is 5.88 Å². The zero-order valence-corrected chi connectivity index (χ0v) is 15.1. The Morgan fingerprint density at radius 2 is 2.15 bits per heavy atom.